The summed E-state index contributed by atoms with van der Waals surface area (Å²) in [7, 11) is -0.909. The van der Waals surface area contributed by atoms with E-state index in [-0.39, 0.29) is 17.2 Å². The summed E-state index contributed by atoms with van der Waals surface area (Å²) in [5.74, 6) is 0.0246. The van der Waals surface area contributed by atoms with Gasteiger partial charge < -0.3 is 14.8 Å². The molecule has 8 nitrogen and oxygen atoms in total. The zero-order chi connectivity index (χ0) is 20.9. The van der Waals surface area contributed by atoms with Crippen LogP contribution in [0.2, 0.25) is 0 Å². The SMILES string of the molecule is COc1ccc(N(CC(=O)Nc2cccc(C(C)=O)c2)S(C)(=O)=O)c(OC)c1. The minimum absolute atomic E-state index is 0.142. The molecule has 2 rings (SSSR count). The van der Waals surface area contributed by atoms with Gasteiger partial charge in [0.2, 0.25) is 15.9 Å². The van der Waals surface area contributed by atoms with E-state index < -0.39 is 22.5 Å². The van der Waals surface area contributed by atoms with Crippen LogP contribution in [0.4, 0.5) is 11.4 Å². The summed E-state index contributed by atoms with van der Waals surface area (Å²) in [6.07, 6.45) is 1.00. The van der Waals surface area contributed by atoms with Crippen molar-refractivity contribution in [1.82, 2.24) is 0 Å². The summed E-state index contributed by atoms with van der Waals surface area (Å²) in [6.45, 7) is 0.952. The van der Waals surface area contributed by atoms with Gasteiger partial charge in [0, 0.05) is 17.3 Å². The molecule has 0 heterocycles. The van der Waals surface area contributed by atoms with Crippen LogP contribution < -0.4 is 19.1 Å². The fourth-order valence-corrected chi connectivity index (χ4v) is 3.38. The smallest absolute Gasteiger partial charge is 0.245 e. The second kappa shape index (κ2) is 8.75. The van der Waals surface area contributed by atoms with E-state index >= 15 is 0 Å². The average molecular weight is 406 g/mol. The fraction of sp³-hybridized carbons (Fsp3) is 0.263. The number of hydrogen-bond acceptors (Lipinski definition) is 6. The van der Waals surface area contributed by atoms with Gasteiger partial charge in [-0.15, -0.1) is 0 Å². The molecule has 0 saturated heterocycles. The monoisotopic (exact) mass is 406 g/mol. The molecule has 1 N–H and O–H groups in total. The van der Waals surface area contributed by atoms with Gasteiger partial charge in [0.25, 0.3) is 0 Å². The van der Waals surface area contributed by atoms with Crippen LogP contribution in [-0.2, 0) is 14.8 Å². The zero-order valence-corrected chi connectivity index (χ0v) is 16.9. The Hall–Kier alpha value is -3.07. The summed E-state index contributed by atoms with van der Waals surface area (Å²) in [6, 6.07) is 11.0. The molecule has 0 fully saturated rings. The van der Waals surface area contributed by atoms with Gasteiger partial charge in [-0.1, -0.05) is 12.1 Å². The molecule has 0 bridgehead atoms. The number of sulfonamides is 1. The van der Waals surface area contributed by atoms with Crippen molar-refractivity contribution in [1.29, 1.82) is 0 Å². The van der Waals surface area contributed by atoms with Crippen molar-refractivity contribution in [3.05, 3.63) is 48.0 Å². The first-order chi connectivity index (χ1) is 13.2. The van der Waals surface area contributed by atoms with Crippen molar-refractivity contribution in [2.45, 2.75) is 6.92 Å². The van der Waals surface area contributed by atoms with Gasteiger partial charge >= 0.3 is 0 Å². The molecular weight excluding hydrogens is 384 g/mol. The molecule has 0 unspecified atom stereocenters. The number of ether oxygens (including phenoxy) is 2. The molecule has 2 aromatic rings. The van der Waals surface area contributed by atoms with E-state index in [0.717, 1.165) is 10.6 Å². The summed E-state index contributed by atoms with van der Waals surface area (Å²) in [5, 5.41) is 2.61. The number of methoxy groups -OCH3 is 2. The maximum Gasteiger partial charge on any atom is 0.245 e. The van der Waals surface area contributed by atoms with Crippen molar-refractivity contribution < 1.29 is 27.5 Å². The van der Waals surface area contributed by atoms with Crippen molar-refractivity contribution in [3.63, 3.8) is 0 Å². The normalized spacial score (nSPS) is 10.9. The second-order valence-electron chi connectivity index (χ2n) is 5.99. The Bertz CT molecular complexity index is 988. The molecular formula is C19H22N2O6S. The van der Waals surface area contributed by atoms with Crippen LogP contribution >= 0.6 is 0 Å². The lowest BCUT2D eigenvalue weighted by molar-refractivity contribution is -0.114. The number of nitrogens with zero attached hydrogens (tertiary/aromatic N) is 1. The molecule has 0 aromatic heterocycles. The second-order valence-corrected chi connectivity index (χ2v) is 7.90. The Morgan fingerprint density at radius 2 is 1.79 bits per heavy atom. The van der Waals surface area contributed by atoms with Crippen LogP contribution in [0, 0.1) is 0 Å². The third-order valence-corrected chi connectivity index (χ3v) is 5.02. The third kappa shape index (κ3) is 5.23. The number of carbonyl (C=O) groups is 2. The Morgan fingerprint density at radius 1 is 1.07 bits per heavy atom. The van der Waals surface area contributed by atoms with Gasteiger partial charge in [0.1, 0.15) is 18.0 Å². The van der Waals surface area contributed by atoms with Crippen molar-refractivity contribution >= 4 is 33.1 Å². The first kappa shape index (κ1) is 21.2. The van der Waals surface area contributed by atoms with Crippen LogP contribution in [0.15, 0.2) is 42.5 Å². The molecule has 2 aromatic carbocycles. The van der Waals surface area contributed by atoms with Gasteiger partial charge in [0.05, 0.1) is 26.2 Å². The summed E-state index contributed by atoms with van der Waals surface area (Å²) >= 11 is 0. The lowest BCUT2D eigenvalue weighted by Crippen LogP contribution is -2.37. The minimum Gasteiger partial charge on any atom is -0.497 e. The van der Waals surface area contributed by atoms with Gasteiger partial charge in [-0.3, -0.25) is 13.9 Å². The molecule has 9 heteroatoms. The quantitative estimate of drug-likeness (QED) is 0.675. The number of nitrogens with one attached hydrogen (secondary N) is 1. The Balaban J connectivity index is 2.30. The largest absolute Gasteiger partial charge is 0.497 e. The standard InChI is InChI=1S/C19H22N2O6S/c1-13(22)14-6-5-7-15(10-14)20-19(23)12-21(28(4,24)25)17-9-8-16(26-2)11-18(17)27-3/h5-11H,12H2,1-4H3,(H,20,23). The lowest BCUT2D eigenvalue weighted by Gasteiger charge is -2.24. The predicted octanol–water partition coefficient (Wildman–Crippen LogP) is 2.31. The molecule has 0 aliphatic rings. The average Bonchev–Trinajstić information content (AvgIpc) is 2.65. The molecule has 0 radical (unpaired) electrons. The fourth-order valence-electron chi connectivity index (χ4n) is 2.52. The van der Waals surface area contributed by atoms with Crippen LogP contribution in [-0.4, -0.2) is 47.1 Å². The van der Waals surface area contributed by atoms with Crippen molar-refractivity contribution in [2.75, 3.05) is 36.6 Å². The maximum atomic E-state index is 12.5. The highest BCUT2D eigenvalue weighted by Gasteiger charge is 2.24. The first-order valence-corrected chi connectivity index (χ1v) is 10.1. The number of ketones is 1. The third-order valence-electron chi connectivity index (χ3n) is 3.90. The van der Waals surface area contributed by atoms with E-state index in [0.29, 0.717) is 17.0 Å². The van der Waals surface area contributed by atoms with E-state index in [9.17, 15) is 18.0 Å². The van der Waals surface area contributed by atoms with E-state index in [1.807, 2.05) is 0 Å². The van der Waals surface area contributed by atoms with Crippen LogP contribution in [0.25, 0.3) is 0 Å². The Morgan fingerprint density at radius 3 is 2.36 bits per heavy atom. The number of Topliss-reactive ketones (excluding diaryl/α,β-unsaturated/α-hetero) is 1. The molecule has 150 valence electrons. The number of amides is 1. The number of benzene rings is 2. The van der Waals surface area contributed by atoms with E-state index in [1.54, 1.807) is 24.3 Å². The minimum atomic E-state index is -3.78. The highest BCUT2D eigenvalue weighted by Crippen LogP contribution is 2.33. The van der Waals surface area contributed by atoms with Crippen molar-refractivity contribution in [3.8, 4) is 11.5 Å². The van der Waals surface area contributed by atoms with Crippen molar-refractivity contribution in [2.24, 2.45) is 0 Å². The topological polar surface area (TPSA) is 102 Å². The number of anilines is 2. The highest BCUT2D eigenvalue weighted by molar-refractivity contribution is 7.92. The summed E-state index contributed by atoms with van der Waals surface area (Å²) < 4.78 is 35.9. The molecule has 0 saturated carbocycles. The van der Waals surface area contributed by atoms with Gasteiger partial charge in [-0.05, 0) is 31.2 Å². The van der Waals surface area contributed by atoms with E-state index in [4.69, 9.17) is 9.47 Å². The zero-order valence-electron chi connectivity index (χ0n) is 16.1. The van der Waals surface area contributed by atoms with Crippen LogP contribution in [0.1, 0.15) is 17.3 Å². The molecule has 0 aliphatic carbocycles. The molecule has 0 aliphatic heterocycles. The Labute approximate surface area is 164 Å². The maximum absolute atomic E-state index is 12.5. The van der Waals surface area contributed by atoms with Crippen LogP contribution in [0.3, 0.4) is 0 Å². The molecule has 1 amide bonds. The Kier molecular flexibility index (Phi) is 6.63. The van der Waals surface area contributed by atoms with Gasteiger partial charge in [-0.25, -0.2) is 8.42 Å². The molecule has 0 atom stereocenters. The molecule has 28 heavy (non-hydrogen) atoms. The number of rotatable bonds is 8. The first-order valence-electron chi connectivity index (χ1n) is 8.26. The number of carbonyl (C=O) groups excluding carboxylic acids is 2. The van der Waals surface area contributed by atoms with Crippen LogP contribution in [0.5, 0.6) is 11.5 Å². The predicted molar refractivity (Wildman–Crippen MR) is 107 cm³/mol. The number of hydrogen-bond donors (Lipinski definition) is 1. The van der Waals surface area contributed by atoms with E-state index in [2.05, 4.69) is 5.32 Å². The highest BCUT2D eigenvalue weighted by atomic mass is 32.2. The van der Waals surface area contributed by atoms with Gasteiger partial charge in [-0.2, -0.15) is 0 Å². The molecule has 0 spiro atoms. The summed E-state index contributed by atoms with van der Waals surface area (Å²) in [5.41, 5.74) is 1.04. The van der Waals surface area contributed by atoms with E-state index in [1.165, 1.54) is 39.3 Å². The summed E-state index contributed by atoms with van der Waals surface area (Å²) in [4.78, 5) is 24.0. The van der Waals surface area contributed by atoms with Gasteiger partial charge in [0.15, 0.2) is 5.78 Å². The lowest BCUT2D eigenvalue weighted by atomic mass is 10.1.